The van der Waals surface area contributed by atoms with Crippen LogP contribution in [0.15, 0.2) is 59.9 Å². The molecular weight excluding hydrogens is 310 g/mol. The van der Waals surface area contributed by atoms with Gasteiger partial charge in [-0.2, -0.15) is 0 Å². The summed E-state index contributed by atoms with van der Waals surface area (Å²) in [6, 6.07) is 13.7. The van der Waals surface area contributed by atoms with Gasteiger partial charge in [-0.1, -0.05) is 11.8 Å². The van der Waals surface area contributed by atoms with Crippen molar-refractivity contribution in [2.45, 2.75) is 10.8 Å². The summed E-state index contributed by atoms with van der Waals surface area (Å²) in [4.78, 5) is 4.01. The monoisotopic (exact) mass is 323 g/mol. The molecule has 3 heterocycles. The van der Waals surface area contributed by atoms with Crippen LogP contribution in [0.25, 0.3) is 11.3 Å². The lowest BCUT2D eigenvalue weighted by atomic mass is 10.1. The number of pyridine rings is 1. The maximum Gasteiger partial charge on any atom is 0.231 e. The van der Waals surface area contributed by atoms with Crippen molar-refractivity contribution in [3.63, 3.8) is 0 Å². The van der Waals surface area contributed by atoms with E-state index in [9.17, 15) is 0 Å². The van der Waals surface area contributed by atoms with Crippen molar-refractivity contribution in [3.05, 3.63) is 60.4 Å². The van der Waals surface area contributed by atoms with E-state index in [2.05, 4.69) is 15.2 Å². The number of aromatic nitrogens is 3. The minimum Gasteiger partial charge on any atom is -0.454 e. The molecule has 0 unspecified atom stereocenters. The van der Waals surface area contributed by atoms with Crippen molar-refractivity contribution in [2.24, 2.45) is 0 Å². The summed E-state index contributed by atoms with van der Waals surface area (Å²) in [5.41, 5.74) is 3.00. The number of ether oxygens (including phenoxy) is 2. The van der Waals surface area contributed by atoms with Gasteiger partial charge in [0, 0.05) is 23.7 Å². The molecule has 4 rings (SSSR count). The first kappa shape index (κ1) is 14.0. The van der Waals surface area contributed by atoms with Crippen molar-refractivity contribution in [2.75, 3.05) is 6.79 Å². The third kappa shape index (κ3) is 3.12. The highest BCUT2D eigenvalue weighted by Crippen LogP contribution is 2.35. The SMILES string of the molecule is c1cc(CSc2ccc(-c3ccc4c(c3)OCO4)nn2)ccn1. The molecule has 1 aliphatic heterocycles. The van der Waals surface area contributed by atoms with Crippen molar-refractivity contribution >= 4 is 11.8 Å². The van der Waals surface area contributed by atoms with Gasteiger partial charge >= 0.3 is 0 Å². The topological polar surface area (TPSA) is 57.1 Å². The number of fused-ring (bicyclic) bond motifs is 1. The summed E-state index contributed by atoms with van der Waals surface area (Å²) in [6.45, 7) is 0.273. The van der Waals surface area contributed by atoms with Gasteiger partial charge in [-0.05, 0) is 48.0 Å². The van der Waals surface area contributed by atoms with Crippen LogP contribution in [0, 0.1) is 0 Å². The molecule has 23 heavy (non-hydrogen) atoms. The smallest absolute Gasteiger partial charge is 0.231 e. The Bertz CT molecular complexity index is 810. The number of hydrogen-bond donors (Lipinski definition) is 0. The Balaban J connectivity index is 1.47. The Morgan fingerprint density at radius 2 is 1.78 bits per heavy atom. The minimum atomic E-state index is 0.273. The molecule has 0 amide bonds. The molecule has 0 spiro atoms. The van der Waals surface area contributed by atoms with Crippen LogP contribution in [0.1, 0.15) is 5.56 Å². The van der Waals surface area contributed by atoms with E-state index in [0.717, 1.165) is 33.5 Å². The average Bonchev–Trinajstić information content (AvgIpc) is 3.09. The van der Waals surface area contributed by atoms with Gasteiger partial charge in [-0.3, -0.25) is 4.98 Å². The van der Waals surface area contributed by atoms with Crippen LogP contribution >= 0.6 is 11.8 Å². The molecule has 0 saturated heterocycles. The van der Waals surface area contributed by atoms with Crippen molar-refractivity contribution in [3.8, 4) is 22.8 Å². The zero-order valence-corrected chi connectivity index (χ0v) is 13.0. The number of benzene rings is 1. The molecule has 1 aromatic carbocycles. The maximum absolute atomic E-state index is 5.39. The van der Waals surface area contributed by atoms with E-state index in [4.69, 9.17) is 9.47 Å². The molecule has 0 bridgehead atoms. The molecule has 0 N–H and O–H groups in total. The van der Waals surface area contributed by atoms with Gasteiger partial charge < -0.3 is 9.47 Å². The van der Waals surface area contributed by atoms with Gasteiger partial charge in [0.25, 0.3) is 0 Å². The molecule has 2 aromatic heterocycles. The minimum absolute atomic E-state index is 0.273. The Hall–Kier alpha value is -2.60. The Morgan fingerprint density at radius 1 is 0.913 bits per heavy atom. The quantitative estimate of drug-likeness (QED) is 0.684. The fraction of sp³-hybridized carbons (Fsp3) is 0.118. The zero-order valence-electron chi connectivity index (χ0n) is 12.2. The Morgan fingerprint density at radius 3 is 2.61 bits per heavy atom. The van der Waals surface area contributed by atoms with E-state index in [1.165, 1.54) is 5.56 Å². The van der Waals surface area contributed by atoms with Gasteiger partial charge in [0.1, 0.15) is 5.03 Å². The van der Waals surface area contributed by atoms with Crippen LogP contribution in [-0.2, 0) is 5.75 Å². The molecule has 6 heteroatoms. The third-order valence-corrected chi connectivity index (χ3v) is 4.44. The largest absolute Gasteiger partial charge is 0.454 e. The van der Waals surface area contributed by atoms with Gasteiger partial charge in [0.2, 0.25) is 6.79 Å². The van der Waals surface area contributed by atoms with Gasteiger partial charge in [-0.15, -0.1) is 10.2 Å². The Kier molecular flexibility index (Phi) is 3.81. The molecule has 3 aromatic rings. The standard InChI is InChI=1S/C17H13N3O2S/c1-3-15-16(22-11-21-15)9-13(1)14-2-4-17(20-19-14)23-10-12-5-7-18-8-6-12/h1-9H,10-11H2. The van der Waals surface area contributed by atoms with E-state index in [-0.39, 0.29) is 6.79 Å². The first-order valence-electron chi connectivity index (χ1n) is 7.14. The second-order valence-electron chi connectivity index (χ2n) is 4.97. The predicted octanol–water partition coefficient (Wildman–Crippen LogP) is 3.56. The van der Waals surface area contributed by atoms with Crippen molar-refractivity contribution in [1.82, 2.24) is 15.2 Å². The molecule has 114 valence electrons. The van der Waals surface area contributed by atoms with Crippen LogP contribution in [0.5, 0.6) is 11.5 Å². The summed E-state index contributed by atoms with van der Waals surface area (Å²) in [5.74, 6) is 2.37. The normalized spacial score (nSPS) is 12.3. The van der Waals surface area contributed by atoms with Crippen LogP contribution in [-0.4, -0.2) is 22.0 Å². The summed E-state index contributed by atoms with van der Waals surface area (Å²) in [5, 5.41) is 9.49. The Labute approximate surface area is 137 Å². The van der Waals surface area contributed by atoms with E-state index >= 15 is 0 Å². The lowest BCUT2D eigenvalue weighted by Crippen LogP contribution is -1.93. The van der Waals surface area contributed by atoms with Crippen LogP contribution < -0.4 is 9.47 Å². The van der Waals surface area contributed by atoms with Crippen LogP contribution in [0.4, 0.5) is 0 Å². The zero-order chi connectivity index (χ0) is 15.5. The summed E-state index contributed by atoms with van der Waals surface area (Å²) in [6.07, 6.45) is 3.59. The number of thioether (sulfide) groups is 1. The van der Waals surface area contributed by atoms with E-state index < -0.39 is 0 Å². The van der Waals surface area contributed by atoms with Crippen LogP contribution in [0.3, 0.4) is 0 Å². The number of rotatable bonds is 4. The third-order valence-electron chi connectivity index (χ3n) is 3.44. The molecule has 0 fully saturated rings. The molecule has 0 saturated carbocycles. The van der Waals surface area contributed by atoms with Gasteiger partial charge in [0.05, 0.1) is 5.69 Å². The first-order chi connectivity index (χ1) is 11.4. The highest BCUT2D eigenvalue weighted by molar-refractivity contribution is 7.98. The average molecular weight is 323 g/mol. The summed E-state index contributed by atoms with van der Waals surface area (Å²) in [7, 11) is 0. The molecule has 5 nitrogen and oxygen atoms in total. The first-order valence-corrected chi connectivity index (χ1v) is 8.12. The van der Waals surface area contributed by atoms with E-state index in [0.29, 0.717) is 0 Å². The maximum atomic E-state index is 5.39. The second kappa shape index (κ2) is 6.26. The van der Waals surface area contributed by atoms with Gasteiger partial charge in [0.15, 0.2) is 11.5 Å². The molecule has 0 radical (unpaired) electrons. The number of nitrogens with zero attached hydrogens (tertiary/aromatic N) is 3. The summed E-state index contributed by atoms with van der Waals surface area (Å²) < 4.78 is 10.7. The second-order valence-corrected chi connectivity index (χ2v) is 5.96. The van der Waals surface area contributed by atoms with E-state index in [1.54, 1.807) is 24.2 Å². The highest BCUT2D eigenvalue weighted by Gasteiger charge is 2.14. The predicted molar refractivity (Wildman–Crippen MR) is 87.4 cm³/mol. The van der Waals surface area contributed by atoms with Crippen molar-refractivity contribution in [1.29, 1.82) is 0 Å². The molecular formula is C17H13N3O2S. The number of hydrogen-bond acceptors (Lipinski definition) is 6. The fourth-order valence-electron chi connectivity index (χ4n) is 2.24. The molecule has 1 aliphatic rings. The lowest BCUT2D eigenvalue weighted by Gasteiger charge is -2.04. The molecule has 0 aliphatic carbocycles. The lowest BCUT2D eigenvalue weighted by molar-refractivity contribution is 0.174. The van der Waals surface area contributed by atoms with E-state index in [1.807, 2.05) is 42.5 Å². The van der Waals surface area contributed by atoms with Gasteiger partial charge in [-0.25, -0.2) is 0 Å². The summed E-state index contributed by atoms with van der Waals surface area (Å²) >= 11 is 1.65. The fourth-order valence-corrected chi connectivity index (χ4v) is 3.01. The van der Waals surface area contributed by atoms with Crippen molar-refractivity contribution < 1.29 is 9.47 Å². The van der Waals surface area contributed by atoms with Crippen LogP contribution in [0.2, 0.25) is 0 Å². The molecule has 0 atom stereocenters. The highest BCUT2D eigenvalue weighted by atomic mass is 32.2.